The van der Waals surface area contributed by atoms with E-state index in [9.17, 15) is 10.1 Å². The van der Waals surface area contributed by atoms with Crippen LogP contribution >= 0.6 is 0 Å². The molecule has 0 radical (unpaired) electrons. The number of non-ortho nitro benzene ring substituents is 1. The van der Waals surface area contributed by atoms with Gasteiger partial charge >= 0.3 is 0 Å². The van der Waals surface area contributed by atoms with Gasteiger partial charge in [0, 0.05) is 17.7 Å². The van der Waals surface area contributed by atoms with E-state index in [0.717, 1.165) is 11.1 Å². The van der Waals surface area contributed by atoms with E-state index in [1.54, 1.807) is 12.1 Å². The molecule has 0 aliphatic rings. The first-order chi connectivity index (χ1) is 11.5. The highest BCUT2D eigenvalue weighted by Crippen LogP contribution is 2.19. The van der Waals surface area contributed by atoms with Gasteiger partial charge in [-0.3, -0.25) is 10.1 Å². The van der Waals surface area contributed by atoms with Gasteiger partial charge in [-0.2, -0.15) is 4.80 Å². The Kier molecular flexibility index (Phi) is 4.33. The van der Waals surface area contributed by atoms with Crippen LogP contribution in [0.2, 0.25) is 0 Å². The van der Waals surface area contributed by atoms with Crippen molar-refractivity contribution in [2.24, 2.45) is 0 Å². The zero-order valence-electron chi connectivity index (χ0n) is 13.5. The van der Waals surface area contributed by atoms with Crippen molar-refractivity contribution in [3.05, 3.63) is 69.8 Å². The zero-order valence-corrected chi connectivity index (χ0v) is 13.5. The Hall–Kier alpha value is -3.09. The summed E-state index contributed by atoms with van der Waals surface area (Å²) in [5, 5.41) is 23.2. The van der Waals surface area contributed by atoms with E-state index in [1.165, 1.54) is 22.5 Å². The minimum absolute atomic E-state index is 0.0660. The summed E-state index contributed by atoms with van der Waals surface area (Å²) in [5.74, 6) is 1.04. The van der Waals surface area contributed by atoms with E-state index in [4.69, 9.17) is 0 Å². The van der Waals surface area contributed by atoms with Crippen molar-refractivity contribution in [2.75, 3.05) is 0 Å². The molecule has 0 atom stereocenters. The number of hydrogen-bond donors (Lipinski definition) is 0. The summed E-state index contributed by atoms with van der Waals surface area (Å²) < 4.78 is 0. The molecule has 3 rings (SSSR count). The Balaban J connectivity index is 1.74. The van der Waals surface area contributed by atoms with Gasteiger partial charge in [0.05, 0.1) is 11.5 Å². The third-order valence-electron chi connectivity index (χ3n) is 3.76. The first-order valence-electron chi connectivity index (χ1n) is 7.64. The first-order valence-corrected chi connectivity index (χ1v) is 7.64. The van der Waals surface area contributed by atoms with Gasteiger partial charge in [0.2, 0.25) is 5.82 Å². The van der Waals surface area contributed by atoms with Gasteiger partial charge in [-0.1, -0.05) is 50.2 Å². The zero-order chi connectivity index (χ0) is 17.1. The largest absolute Gasteiger partial charge is 0.269 e. The molecule has 0 saturated carbocycles. The number of rotatable bonds is 5. The molecule has 2 aromatic carbocycles. The highest BCUT2D eigenvalue weighted by Gasteiger charge is 2.09. The third-order valence-corrected chi connectivity index (χ3v) is 3.76. The topological polar surface area (TPSA) is 86.7 Å². The molecule has 0 N–H and O–H groups in total. The SMILES string of the molecule is CC(C)c1ccc(-c2nnn(Cc3ccc([N+](=O)[O-])cc3)n2)cc1. The lowest BCUT2D eigenvalue weighted by Gasteiger charge is -2.04. The molecule has 0 bridgehead atoms. The Bertz CT molecular complexity index is 838. The molecule has 1 heterocycles. The van der Waals surface area contributed by atoms with E-state index in [0.29, 0.717) is 18.3 Å². The van der Waals surface area contributed by atoms with E-state index < -0.39 is 4.92 Å². The molecule has 0 fully saturated rings. The Morgan fingerprint density at radius 3 is 2.33 bits per heavy atom. The van der Waals surface area contributed by atoms with Crippen molar-refractivity contribution in [1.29, 1.82) is 0 Å². The molecular formula is C17H17N5O2. The molecule has 7 heteroatoms. The van der Waals surface area contributed by atoms with Crippen molar-refractivity contribution in [3.8, 4) is 11.4 Å². The standard InChI is InChI=1S/C17H17N5O2/c1-12(2)14-5-7-15(8-6-14)17-18-20-21(19-17)11-13-3-9-16(10-4-13)22(23)24/h3-10,12H,11H2,1-2H3. The normalized spacial score (nSPS) is 11.0. The number of aromatic nitrogens is 4. The van der Waals surface area contributed by atoms with Crippen LogP contribution < -0.4 is 0 Å². The maximum atomic E-state index is 10.7. The summed E-state index contributed by atoms with van der Waals surface area (Å²) >= 11 is 0. The fourth-order valence-electron chi connectivity index (χ4n) is 2.33. The Morgan fingerprint density at radius 2 is 1.75 bits per heavy atom. The molecule has 1 aromatic heterocycles. The highest BCUT2D eigenvalue weighted by atomic mass is 16.6. The van der Waals surface area contributed by atoms with Crippen LogP contribution in [0.1, 0.15) is 30.9 Å². The maximum absolute atomic E-state index is 10.7. The summed E-state index contributed by atoms with van der Waals surface area (Å²) in [4.78, 5) is 11.7. The lowest BCUT2D eigenvalue weighted by molar-refractivity contribution is -0.384. The fraction of sp³-hybridized carbons (Fsp3) is 0.235. The van der Waals surface area contributed by atoms with Crippen LogP contribution in [0.4, 0.5) is 5.69 Å². The average Bonchev–Trinajstić information content (AvgIpc) is 3.04. The maximum Gasteiger partial charge on any atom is 0.269 e. The van der Waals surface area contributed by atoms with E-state index in [2.05, 4.69) is 41.4 Å². The number of tetrazole rings is 1. The minimum Gasteiger partial charge on any atom is -0.258 e. The summed E-state index contributed by atoms with van der Waals surface area (Å²) in [6.07, 6.45) is 0. The van der Waals surface area contributed by atoms with Crippen molar-refractivity contribution >= 4 is 5.69 Å². The van der Waals surface area contributed by atoms with Gasteiger partial charge in [0.15, 0.2) is 0 Å². The molecular weight excluding hydrogens is 306 g/mol. The van der Waals surface area contributed by atoms with Crippen LogP contribution in [-0.2, 0) is 6.54 Å². The van der Waals surface area contributed by atoms with Crippen LogP contribution in [0.3, 0.4) is 0 Å². The highest BCUT2D eigenvalue weighted by molar-refractivity contribution is 5.54. The van der Waals surface area contributed by atoms with Crippen molar-refractivity contribution in [3.63, 3.8) is 0 Å². The summed E-state index contributed by atoms with van der Waals surface area (Å²) in [6, 6.07) is 14.4. The van der Waals surface area contributed by atoms with Crippen molar-refractivity contribution in [1.82, 2.24) is 20.2 Å². The lowest BCUT2D eigenvalue weighted by atomic mass is 10.0. The molecule has 24 heavy (non-hydrogen) atoms. The molecule has 0 aliphatic heterocycles. The molecule has 7 nitrogen and oxygen atoms in total. The number of benzene rings is 2. The summed E-state index contributed by atoms with van der Waals surface area (Å²) in [5.41, 5.74) is 3.11. The average molecular weight is 323 g/mol. The lowest BCUT2D eigenvalue weighted by Crippen LogP contribution is -2.04. The van der Waals surface area contributed by atoms with Crippen LogP contribution in [0.5, 0.6) is 0 Å². The van der Waals surface area contributed by atoms with Crippen molar-refractivity contribution in [2.45, 2.75) is 26.3 Å². The van der Waals surface area contributed by atoms with Gasteiger partial charge in [-0.25, -0.2) is 0 Å². The van der Waals surface area contributed by atoms with E-state index in [-0.39, 0.29) is 5.69 Å². The number of nitro benzene ring substituents is 1. The molecule has 0 aliphatic carbocycles. The monoisotopic (exact) mass is 323 g/mol. The second-order valence-electron chi connectivity index (χ2n) is 5.84. The smallest absolute Gasteiger partial charge is 0.258 e. The molecule has 0 spiro atoms. The van der Waals surface area contributed by atoms with Gasteiger partial charge in [0.25, 0.3) is 5.69 Å². The van der Waals surface area contributed by atoms with Crippen LogP contribution in [-0.4, -0.2) is 25.1 Å². The quantitative estimate of drug-likeness (QED) is 0.530. The summed E-state index contributed by atoms with van der Waals surface area (Å²) in [6.45, 7) is 4.70. The van der Waals surface area contributed by atoms with Crippen LogP contribution in [0.25, 0.3) is 11.4 Å². The Morgan fingerprint density at radius 1 is 1.08 bits per heavy atom. The predicted octanol–water partition coefficient (Wildman–Crippen LogP) is 3.42. The fourth-order valence-corrected chi connectivity index (χ4v) is 2.33. The predicted molar refractivity (Wildman–Crippen MR) is 89.5 cm³/mol. The number of nitrogens with zero attached hydrogens (tertiary/aromatic N) is 5. The molecule has 0 amide bonds. The van der Waals surface area contributed by atoms with Gasteiger partial charge < -0.3 is 0 Å². The second-order valence-corrected chi connectivity index (χ2v) is 5.84. The Labute approximate surface area is 139 Å². The van der Waals surface area contributed by atoms with Gasteiger partial charge in [-0.15, -0.1) is 10.2 Å². The third kappa shape index (κ3) is 3.45. The van der Waals surface area contributed by atoms with Gasteiger partial charge in [-0.05, 0) is 22.3 Å². The van der Waals surface area contributed by atoms with E-state index in [1.807, 2.05) is 12.1 Å². The minimum atomic E-state index is -0.420. The molecule has 0 saturated heterocycles. The van der Waals surface area contributed by atoms with Crippen LogP contribution in [0.15, 0.2) is 48.5 Å². The molecule has 122 valence electrons. The second kappa shape index (κ2) is 6.57. The number of nitro groups is 1. The molecule has 0 unspecified atom stereocenters. The molecule has 3 aromatic rings. The first kappa shape index (κ1) is 15.8. The van der Waals surface area contributed by atoms with Crippen LogP contribution in [0, 0.1) is 10.1 Å². The van der Waals surface area contributed by atoms with Crippen molar-refractivity contribution < 1.29 is 4.92 Å². The van der Waals surface area contributed by atoms with Gasteiger partial charge in [0.1, 0.15) is 0 Å². The summed E-state index contributed by atoms with van der Waals surface area (Å²) in [7, 11) is 0. The van der Waals surface area contributed by atoms with E-state index >= 15 is 0 Å². The number of hydrogen-bond acceptors (Lipinski definition) is 5.